The van der Waals surface area contributed by atoms with Gasteiger partial charge in [-0.3, -0.25) is 9.59 Å². The molecule has 1 atom stereocenters. The first-order valence-electron chi connectivity index (χ1n) is 7.70. The second-order valence-electron chi connectivity index (χ2n) is 5.96. The highest BCUT2D eigenvalue weighted by molar-refractivity contribution is 7.90. The molecule has 0 heterocycles. The van der Waals surface area contributed by atoms with Gasteiger partial charge >= 0.3 is 0 Å². The normalized spacial score (nSPS) is 16.8. The van der Waals surface area contributed by atoms with Crippen LogP contribution in [0.15, 0.2) is 29.2 Å². The molecule has 6 nitrogen and oxygen atoms in total. The van der Waals surface area contributed by atoms with Gasteiger partial charge in [-0.25, -0.2) is 13.1 Å². The molecule has 23 heavy (non-hydrogen) atoms. The van der Waals surface area contributed by atoms with Crippen LogP contribution < -0.4 is 10.0 Å². The highest BCUT2D eigenvalue weighted by Gasteiger charge is 2.33. The lowest BCUT2D eigenvalue weighted by molar-refractivity contribution is -0.128. The number of aryl methyl sites for hydroxylation is 1. The Kier molecular flexibility index (Phi) is 5.41. The number of rotatable bonds is 5. The number of sulfonamides is 1. The summed E-state index contributed by atoms with van der Waals surface area (Å²) in [7, 11) is -3.95. The molecular weight excluding hydrogens is 316 g/mol. The largest absolute Gasteiger partial charge is 0.344 e. The predicted octanol–water partition coefficient (Wildman–Crippen LogP) is 1.49. The minimum Gasteiger partial charge on any atom is -0.344 e. The molecule has 1 aliphatic rings. The Balaban J connectivity index is 2.20. The fourth-order valence-electron chi connectivity index (χ4n) is 3.02. The average Bonchev–Trinajstić information content (AvgIpc) is 2.98. The molecule has 0 spiro atoms. The maximum atomic E-state index is 12.5. The summed E-state index contributed by atoms with van der Waals surface area (Å²) >= 11 is 0. The Morgan fingerprint density at radius 2 is 1.78 bits per heavy atom. The van der Waals surface area contributed by atoms with Crippen molar-refractivity contribution in [1.82, 2.24) is 10.0 Å². The number of amides is 2. The van der Waals surface area contributed by atoms with Gasteiger partial charge in [0.25, 0.3) is 15.9 Å². The molecule has 0 saturated heterocycles. The zero-order chi connectivity index (χ0) is 17.0. The molecule has 7 heteroatoms. The zero-order valence-electron chi connectivity index (χ0n) is 13.3. The summed E-state index contributed by atoms with van der Waals surface area (Å²) in [6, 6.07) is 5.65. The summed E-state index contributed by atoms with van der Waals surface area (Å²) < 4.78 is 27.0. The van der Waals surface area contributed by atoms with Crippen molar-refractivity contribution in [2.24, 2.45) is 5.92 Å². The monoisotopic (exact) mass is 338 g/mol. The maximum absolute atomic E-state index is 12.5. The first-order valence-corrected chi connectivity index (χ1v) is 9.19. The Labute approximate surface area is 136 Å². The molecule has 126 valence electrons. The van der Waals surface area contributed by atoms with E-state index in [4.69, 9.17) is 0 Å². The summed E-state index contributed by atoms with van der Waals surface area (Å²) in [6.07, 6.45) is 3.59. The van der Waals surface area contributed by atoms with Crippen LogP contribution in [0.25, 0.3) is 0 Å². The van der Waals surface area contributed by atoms with Crippen molar-refractivity contribution in [2.45, 2.75) is 50.5 Å². The lowest BCUT2D eigenvalue weighted by Crippen LogP contribution is -2.51. The zero-order valence-corrected chi connectivity index (χ0v) is 14.2. The van der Waals surface area contributed by atoms with E-state index in [1.807, 2.05) is 0 Å². The summed E-state index contributed by atoms with van der Waals surface area (Å²) in [5.41, 5.74) is 0.560. The molecule has 1 aromatic rings. The van der Waals surface area contributed by atoms with E-state index in [0.717, 1.165) is 25.7 Å². The van der Waals surface area contributed by atoms with Crippen molar-refractivity contribution < 1.29 is 18.0 Å². The number of carbonyl (C=O) groups excluding carboxylic acids is 2. The lowest BCUT2D eigenvalue weighted by atomic mass is 9.97. The molecule has 2 rings (SSSR count). The smallest absolute Gasteiger partial charge is 0.264 e. The molecule has 1 fully saturated rings. The molecule has 1 aromatic carbocycles. The van der Waals surface area contributed by atoms with Gasteiger partial charge in [0.15, 0.2) is 0 Å². The van der Waals surface area contributed by atoms with E-state index >= 15 is 0 Å². The molecule has 0 aliphatic heterocycles. The van der Waals surface area contributed by atoms with E-state index in [1.54, 1.807) is 25.1 Å². The van der Waals surface area contributed by atoms with Crippen LogP contribution in [0, 0.1) is 12.8 Å². The molecule has 0 unspecified atom stereocenters. The molecule has 1 aliphatic carbocycles. The first-order chi connectivity index (χ1) is 10.8. The van der Waals surface area contributed by atoms with Gasteiger partial charge in [-0.05, 0) is 37.3 Å². The van der Waals surface area contributed by atoms with Crippen molar-refractivity contribution in [2.75, 3.05) is 0 Å². The van der Waals surface area contributed by atoms with E-state index in [1.165, 1.54) is 13.0 Å². The number of nitrogens with one attached hydrogen (secondary N) is 2. The topological polar surface area (TPSA) is 92.3 Å². The van der Waals surface area contributed by atoms with E-state index in [-0.39, 0.29) is 16.7 Å². The first kappa shape index (κ1) is 17.5. The Morgan fingerprint density at radius 3 is 2.35 bits per heavy atom. The van der Waals surface area contributed by atoms with Crippen molar-refractivity contribution in [3.05, 3.63) is 29.8 Å². The van der Waals surface area contributed by atoms with Gasteiger partial charge in [0.05, 0.1) is 4.90 Å². The molecule has 2 amide bonds. The van der Waals surface area contributed by atoms with Crippen LogP contribution >= 0.6 is 0 Å². The third-order valence-corrected chi connectivity index (χ3v) is 5.64. The van der Waals surface area contributed by atoms with E-state index < -0.39 is 22.0 Å². The minimum atomic E-state index is -3.95. The molecule has 0 aromatic heterocycles. The van der Waals surface area contributed by atoms with Crippen LogP contribution in [0.2, 0.25) is 0 Å². The van der Waals surface area contributed by atoms with Gasteiger partial charge in [0, 0.05) is 6.92 Å². The fourth-order valence-corrected chi connectivity index (χ4v) is 4.27. The summed E-state index contributed by atoms with van der Waals surface area (Å²) in [4.78, 5) is 23.9. The fraction of sp³-hybridized carbons (Fsp3) is 0.500. The van der Waals surface area contributed by atoms with Gasteiger partial charge in [0.1, 0.15) is 6.04 Å². The third kappa shape index (κ3) is 4.31. The SMILES string of the molecule is CC(=O)N[C@@H](C(=O)NS(=O)(=O)c1ccccc1C)C1CCCC1. The molecule has 0 bridgehead atoms. The highest BCUT2D eigenvalue weighted by Crippen LogP contribution is 2.28. The van der Waals surface area contributed by atoms with Crippen LogP contribution in [0.3, 0.4) is 0 Å². The minimum absolute atomic E-state index is 0.0222. The Bertz CT molecular complexity index is 694. The standard InChI is InChI=1S/C16H22N2O4S/c1-11-7-3-6-10-14(11)23(21,22)18-16(20)15(17-12(2)19)13-8-4-5-9-13/h3,6-7,10,13,15H,4-5,8-9H2,1-2H3,(H,17,19)(H,18,20)/t15-/m1/s1. The van der Waals surface area contributed by atoms with Gasteiger partial charge in [-0.1, -0.05) is 31.0 Å². The molecule has 1 saturated carbocycles. The number of hydrogen-bond donors (Lipinski definition) is 2. The van der Waals surface area contributed by atoms with Gasteiger partial charge in [0.2, 0.25) is 5.91 Å². The molecular formula is C16H22N2O4S. The summed E-state index contributed by atoms with van der Waals surface area (Å²) in [6.45, 7) is 2.99. The number of carbonyl (C=O) groups is 2. The Morgan fingerprint density at radius 1 is 1.17 bits per heavy atom. The summed E-state index contributed by atoms with van der Waals surface area (Å²) in [5.74, 6) is -1.04. The third-order valence-electron chi connectivity index (χ3n) is 4.13. The van der Waals surface area contributed by atoms with E-state index in [2.05, 4.69) is 10.0 Å². The van der Waals surface area contributed by atoms with E-state index in [9.17, 15) is 18.0 Å². The van der Waals surface area contributed by atoms with Gasteiger partial charge in [-0.15, -0.1) is 0 Å². The second-order valence-corrected chi connectivity index (χ2v) is 7.61. The summed E-state index contributed by atoms with van der Waals surface area (Å²) in [5, 5.41) is 2.59. The van der Waals surface area contributed by atoms with Crippen LogP contribution in [0.4, 0.5) is 0 Å². The second kappa shape index (κ2) is 7.12. The van der Waals surface area contributed by atoms with Crippen molar-refractivity contribution in [3.63, 3.8) is 0 Å². The number of hydrogen-bond acceptors (Lipinski definition) is 4. The van der Waals surface area contributed by atoms with Crippen molar-refractivity contribution in [1.29, 1.82) is 0 Å². The predicted molar refractivity (Wildman–Crippen MR) is 86.1 cm³/mol. The van der Waals surface area contributed by atoms with Crippen LogP contribution in [-0.4, -0.2) is 26.3 Å². The molecule has 0 radical (unpaired) electrons. The van der Waals surface area contributed by atoms with Crippen LogP contribution in [-0.2, 0) is 19.6 Å². The highest BCUT2D eigenvalue weighted by atomic mass is 32.2. The average molecular weight is 338 g/mol. The van der Waals surface area contributed by atoms with Crippen LogP contribution in [0.1, 0.15) is 38.2 Å². The Hall–Kier alpha value is -1.89. The lowest BCUT2D eigenvalue weighted by Gasteiger charge is -2.23. The maximum Gasteiger partial charge on any atom is 0.264 e. The van der Waals surface area contributed by atoms with Crippen LogP contribution in [0.5, 0.6) is 0 Å². The van der Waals surface area contributed by atoms with Crippen molar-refractivity contribution in [3.8, 4) is 0 Å². The van der Waals surface area contributed by atoms with Gasteiger partial charge < -0.3 is 5.32 Å². The van der Waals surface area contributed by atoms with Gasteiger partial charge in [-0.2, -0.15) is 0 Å². The molecule has 2 N–H and O–H groups in total. The quantitative estimate of drug-likeness (QED) is 0.851. The van der Waals surface area contributed by atoms with Crippen molar-refractivity contribution >= 4 is 21.8 Å². The van der Waals surface area contributed by atoms with E-state index in [0.29, 0.717) is 5.56 Å². The number of benzene rings is 1.